The first kappa shape index (κ1) is 13.7. The molecule has 0 aliphatic rings. The smallest absolute Gasteiger partial charge is 0.310 e. The van der Waals surface area contributed by atoms with Gasteiger partial charge in [-0.15, -0.1) is 0 Å². The zero-order valence-electron chi connectivity index (χ0n) is 9.23. The number of carboxylic acids is 1. The maximum absolute atomic E-state index is 10.8. The zero-order chi connectivity index (χ0) is 11.7. The molecule has 0 heterocycles. The molecule has 0 rings (SSSR count). The SMILES string of the molecule is CCCCCC(C=COC(C)=O)C(=O)O. The first-order valence-corrected chi connectivity index (χ1v) is 5.14. The predicted molar refractivity (Wildman–Crippen MR) is 56.2 cm³/mol. The van der Waals surface area contributed by atoms with Crippen LogP contribution in [0.3, 0.4) is 0 Å². The summed E-state index contributed by atoms with van der Waals surface area (Å²) in [5, 5.41) is 8.85. The van der Waals surface area contributed by atoms with Crippen molar-refractivity contribution >= 4 is 11.9 Å². The lowest BCUT2D eigenvalue weighted by Gasteiger charge is -2.06. The summed E-state index contributed by atoms with van der Waals surface area (Å²) < 4.78 is 4.55. The van der Waals surface area contributed by atoms with Crippen molar-refractivity contribution in [3.63, 3.8) is 0 Å². The number of hydrogen-bond acceptors (Lipinski definition) is 3. The fraction of sp³-hybridized carbons (Fsp3) is 0.636. The van der Waals surface area contributed by atoms with Gasteiger partial charge in [-0.25, -0.2) is 0 Å². The molecule has 1 atom stereocenters. The molecule has 0 fully saturated rings. The largest absolute Gasteiger partial charge is 0.481 e. The summed E-state index contributed by atoms with van der Waals surface area (Å²) in [6.45, 7) is 3.33. The molecule has 0 radical (unpaired) electrons. The lowest BCUT2D eigenvalue weighted by Crippen LogP contribution is -2.11. The van der Waals surface area contributed by atoms with Crippen molar-refractivity contribution in [3.05, 3.63) is 12.3 Å². The lowest BCUT2D eigenvalue weighted by molar-refractivity contribution is -0.141. The van der Waals surface area contributed by atoms with E-state index in [9.17, 15) is 9.59 Å². The maximum Gasteiger partial charge on any atom is 0.310 e. The number of carbonyl (C=O) groups is 2. The zero-order valence-corrected chi connectivity index (χ0v) is 9.23. The second kappa shape index (κ2) is 8.03. The monoisotopic (exact) mass is 214 g/mol. The van der Waals surface area contributed by atoms with Gasteiger partial charge in [0, 0.05) is 6.92 Å². The number of hydrogen-bond donors (Lipinski definition) is 1. The molecule has 0 amide bonds. The third kappa shape index (κ3) is 7.73. The second-order valence-electron chi connectivity index (χ2n) is 3.38. The first-order chi connectivity index (χ1) is 7.07. The molecule has 0 spiro atoms. The summed E-state index contributed by atoms with van der Waals surface area (Å²) in [5.74, 6) is -1.88. The molecule has 15 heavy (non-hydrogen) atoms. The van der Waals surface area contributed by atoms with Crippen molar-refractivity contribution in [1.29, 1.82) is 0 Å². The Morgan fingerprint density at radius 3 is 2.53 bits per heavy atom. The Morgan fingerprint density at radius 2 is 2.07 bits per heavy atom. The van der Waals surface area contributed by atoms with E-state index in [1.54, 1.807) is 0 Å². The molecule has 0 saturated heterocycles. The molecule has 86 valence electrons. The van der Waals surface area contributed by atoms with Crippen LogP contribution in [0.5, 0.6) is 0 Å². The van der Waals surface area contributed by atoms with E-state index in [0.29, 0.717) is 6.42 Å². The minimum atomic E-state index is -0.880. The molecular weight excluding hydrogens is 196 g/mol. The highest BCUT2D eigenvalue weighted by atomic mass is 16.5. The van der Waals surface area contributed by atoms with E-state index in [1.807, 2.05) is 0 Å². The highest BCUT2D eigenvalue weighted by Gasteiger charge is 2.13. The van der Waals surface area contributed by atoms with Gasteiger partial charge in [-0.3, -0.25) is 9.59 Å². The molecule has 0 saturated carbocycles. The van der Waals surface area contributed by atoms with Gasteiger partial charge in [0.1, 0.15) is 0 Å². The number of ether oxygens (including phenoxy) is 1. The van der Waals surface area contributed by atoms with Crippen LogP contribution in [0.1, 0.15) is 39.5 Å². The summed E-state index contributed by atoms with van der Waals surface area (Å²) >= 11 is 0. The molecular formula is C11H18O4. The average molecular weight is 214 g/mol. The van der Waals surface area contributed by atoms with Crippen molar-refractivity contribution in [3.8, 4) is 0 Å². The van der Waals surface area contributed by atoms with Gasteiger partial charge in [0.15, 0.2) is 0 Å². The van der Waals surface area contributed by atoms with Gasteiger partial charge in [0.25, 0.3) is 0 Å². The van der Waals surface area contributed by atoms with Gasteiger partial charge in [0.2, 0.25) is 0 Å². The summed E-state index contributed by atoms with van der Waals surface area (Å²) in [5.41, 5.74) is 0. The van der Waals surface area contributed by atoms with Gasteiger partial charge in [-0.1, -0.05) is 26.2 Å². The fourth-order valence-corrected chi connectivity index (χ4v) is 1.15. The van der Waals surface area contributed by atoms with Crippen LogP contribution in [0, 0.1) is 5.92 Å². The van der Waals surface area contributed by atoms with E-state index in [1.165, 1.54) is 13.0 Å². The Morgan fingerprint density at radius 1 is 1.40 bits per heavy atom. The number of rotatable bonds is 7. The number of carboxylic acid groups (broad SMARTS) is 1. The van der Waals surface area contributed by atoms with E-state index < -0.39 is 17.9 Å². The van der Waals surface area contributed by atoms with Crippen molar-refractivity contribution in [2.75, 3.05) is 0 Å². The molecule has 4 heteroatoms. The van der Waals surface area contributed by atoms with Gasteiger partial charge >= 0.3 is 11.9 Å². The molecule has 0 aromatic rings. The van der Waals surface area contributed by atoms with Crippen LogP contribution >= 0.6 is 0 Å². The molecule has 0 aliphatic heterocycles. The van der Waals surface area contributed by atoms with Crippen molar-refractivity contribution in [2.24, 2.45) is 5.92 Å². The van der Waals surface area contributed by atoms with Gasteiger partial charge in [-0.2, -0.15) is 0 Å². The molecule has 0 bridgehead atoms. The van der Waals surface area contributed by atoms with E-state index in [-0.39, 0.29) is 0 Å². The topological polar surface area (TPSA) is 63.6 Å². The quantitative estimate of drug-likeness (QED) is 0.401. The summed E-state index contributed by atoms with van der Waals surface area (Å²) in [4.78, 5) is 21.2. The fourth-order valence-electron chi connectivity index (χ4n) is 1.15. The molecule has 1 unspecified atom stereocenters. The van der Waals surface area contributed by atoms with Gasteiger partial charge in [0.05, 0.1) is 12.2 Å². The molecule has 0 aromatic carbocycles. The predicted octanol–water partition coefficient (Wildman–Crippen LogP) is 2.34. The second-order valence-corrected chi connectivity index (χ2v) is 3.38. The lowest BCUT2D eigenvalue weighted by atomic mass is 10.0. The number of aliphatic carboxylic acids is 1. The van der Waals surface area contributed by atoms with Crippen LogP contribution in [0.15, 0.2) is 12.3 Å². The van der Waals surface area contributed by atoms with Crippen molar-refractivity contribution in [1.82, 2.24) is 0 Å². The Kier molecular flexibility index (Phi) is 7.32. The molecule has 1 N–H and O–H groups in total. The van der Waals surface area contributed by atoms with Crippen LogP contribution in [0.4, 0.5) is 0 Å². The normalized spacial score (nSPS) is 12.7. The summed E-state index contributed by atoms with van der Waals surface area (Å²) in [6, 6.07) is 0. The molecule has 0 aliphatic carbocycles. The first-order valence-electron chi connectivity index (χ1n) is 5.14. The van der Waals surface area contributed by atoms with E-state index in [0.717, 1.165) is 25.5 Å². The van der Waals surface area contributed by atoms with E-state index in [2.05, 4.69) is 11.7 Å². The van der Waals surface area contributed by atoms with Gasteiger partial charge < -0.3 is 9.84 Å². The third-order valence-corrected chi connectivity index (χ3v) is 1.98. The number of carbonyl (C=O) groups excluding carboxylic acids is 1. The van der Waals surface area contributed by atoms with E-state index in [4.69, 9.17) is 5.11 Å². The Balaban J connectivity index is 3.98. The summed E-state index contributed by atoms with van der Waals surface area (Å²) in [7, 11) is 0. The highest BCUT2D eigenvalue weighted by molar-refractivity contribution is 5.72. The minimum Gasteiger partial charge on any atom is -0.481 e. The third-order valence-electron chi connectivity index (χ3n) is 1.98. The van der Waals surface area contributed by atoms with E-state index >= 15 is 0 Å². The van der Waals surface area contributed by atoms with Crippen LogP contribution in [0.25, 0.3) is 0 Å². The van der Waals surface area contributed by atoms with Crippen LogP contribution in [-0.2, 0) is 14.3 Å². The summed E-state index contributed by atoms with van der Waals surface area (Å²) in [6.07, 6.45) is 6.11. The standard InChI is InChI=1S/C11H18O4/c1-3-4-5-6-10(11(13)14)7-8-15-9(2)12/h7-8,10H,3-6H2,1-2H3,(H,13,14). The minimum absolute atomic E-state index is 0.441. The van der Waals surface area contributed by atoms with Gasteiger partial charge in [-0.05, 0) is 12.5 Å². The van der Waals surface area contributed by atoms with Crippen LogP contribution in [-0.4, -0.2) is 17.0 Å². The molecule has 0 aromatic heterocycles. The number of esters is 1. The van der Waals surface area contributed by atoms with Crippen LogP contribution in [0.2, 0.25) is 0 Å². The Labute approximate surface area is 89.9 Å². The Hall–Kier alpha value is -1.32. The number of unbranched alkanes of at least 4 members (excludes halogenated alkanes) is 2. The average Bonchev–Trinajstić information content (AvgIpc) is 2.15. The molecule has 4 nitrogen and oxygen atoms in total. The van der Waals surface area contributed by atoms with Crippen LogP contribution < -0.4 is 0 Å². The van der Waals surface area contributed by atoms with Crippen molar-refractivity contribution < 1.29 is 19.4 Å². The Bertz CT molecular complexity index is 233. The maximum atomic E-state index is 10.8. The van der Waals surface area contributed by atoms with Crippen molar-refractivity contribution in [2.45, 2.75) is 39.5 Å². The highest BCUT2D eigenvalue weighted by Crippen LogP contribution is 2.11.